The minimum absolute atomic E-state index is 0.0225. The van der Waals surface area contributed by atoms with Crippen LogP contribution in [0.5, 0.6) is 0 Å². The fraction of sp³-hybridized carbons (Fsp3) is 0.913. The first-order valence-electron chi connectivity index (χ1n) is 11.8. The summed E-state index contributed by atoms with van der Waals surface area (Å²) in [6, 6.07) is 0. The molecule has 0 unspecified atom stereocenters. The van der Waals surface area contributed by atoms with E-state index in [0.29, 0.717) is 12.3 Å². The smallest absolute Gasteiger partial charge is 0.308 e. The number of fused-ring (bicyclic) bond motifs is 2. The molecule has 0 radical (unpaired) electrons. The molecule has 0 aromatic heterocycles. The second kappa shape index (κ2) is 8.51. The van der Waals surface area contributed by atoms with Crippen molar-refractivity contribution in [3.05, 3.63) is 0 Å². The third kappa shape index (κ3) is 4.18. The maximum Gasteiger partial charge on any atom is 0.308 e. The molecule has 4 heterocycles. The number of carbonyl (C=O) groups excluding carboxylic acids is 2. The van der Waals surface area contributed by atoms with Gasteiger partial charge >= 0.3 is 5.97 Å². The molecular weight excluding hydrogens is 418 g/mol. The predicted octanol–water partition coefficient (Wildman–Crippen LogP) is 2.40. The van der Waals surface area contributed by atoms with Crippen molar-refractivity contribution in [2.75, 3.05) is 6.61 Å². The summed E-state index contributed by atoms with van der Waals surface area (Å²) in [7, 11) is 0. The van der Waals surface area contributed by atoms with Crippen molar-refractivity contribution in [3.63, 3.8) is 0 Å². The van der Waals surface area contributed by atoms with E-state index in [9.17, 15) is 14.7 Å². The summed E-state index contributed by atoms with van der Waals surface area (Å²) in [5.41, 5.74) is -1.44. The van der Waals surface area contributed by atoms with Gasteiger partial charge in [0.15, 0.2) is 11.9 Å². The molecule has 8 atom stereocenters. The monoisotopic (exact) mass is 455 g/mol. The van der Waals surface area contributed by atoms with Gasteiger partial charge in [0.1, 0.15) is 0 Å². The lowest BCUT2D eigenvalue weighted by atomic mass is 9.58. The number of aliphatic hydroxyl groups excluding tert-OH is 1. The van der Waals surface area contributed by atoms with Crippen molar-refractivity contribution < 1.29 is 38.7 Å². The summed E-state index contributed by atoms with van der Waals surface area (Å²) in [5, 5.41) is 12.0. The van der Waals surface area contributed by atoms with Gasteiger partial charge in [-0.25, -0.2) is 9.78 Å². The van der Waals surface area contributed by atoms with Crippen LogP contribution in [-0.2, 0) is 33.6 Å². The summed E-state index contributed by atoms with van der Waals surface area (Å²) in [5.74, 6) is -1.04. The lowest BCUT2D eigenvalue weighted by Crippen LogP contribution is -2.70. The van der Waals surface area contributed by atoms with E-state index < -0.39 is 35.5 Å². The molecule has 1 aliphatic carbocycles. The molecule has 0 aromatic rings. The molecule has 2 bridgehead atoms. The van der Waals surface area contributed by atoms with E-state index in [1.165, 1.54) is 0 Å². The molecule has 1 amide bonds. The first-order chi connectivity index (χ1) is 15.0. The van der Waals surface area contributed by atoms with Gasteiger partial charge < -0.3 is 24.6 Å². The van der Waals surface area contributed by atoms with E-state index in [4.69, 9.17) is 24.0 Å². The topological polar surface area (TPSA) is 113 Å². The zero-order chi connectivity index (χ0) is 23.3. The van der Waals surface area contributed by atoms with Gasteiger partial charge in [-0.2, -0.15) is 0 Å². The highest BCUT2D eigenvalue weighted by Crippen LogP contribution is 2.60. The zero-order valence-corrected chi connectivity index (χ0v) is 19.7. The van der Waals surface area contributed by atoms with Gasteiger partial charge in [0.25, 0.3) is 0 Å². The molecule has 182 valence electrons. The third-order valence-electron chi connectivity index (χ3n) is 7.77. The Morgan fingerprint density at radius 3 is 2.59 bits per heavy atom. The number of rotatable bonds is 6. The Bertz CT molecular complexity index is 744. The standard InChI is InChI=1S/C23H37NO8/c1-13-6-7-16-14(2)19(28-18(27)9-8-17(26)24-21(3,4)12-25)29-20-23(16)15(13)10-11-22(5,30-20)31-32-23/h13-16,19-20,25H,6-12H2,1-5H3,(H,24,26)/t13-,14+,15+,16-,19-,20+,22+,23-/m1/s1. The molecule has 1 spiro atoms. The van der Waals surface area contributed by atoms with Gasteiger partial charge in [-0.1, -0.05) is 13.8 Å². The highest BCUT2D eigenvalue weighted by Gasteiger charge is 2.69. The highest BCUT2D eigenvalue weighted by atomic mass is 17.3. The quantitative estimate of drug-likeness (QED) is 0.464. The van der Waals surface area contributed by atoms with E-state index in [0.717, 1.165) is 19.3 Å². The van der Waals surface area contributed by atoms with Crippen LogP contribution in [0.15, 0.2) is 0 Å². The fourth-order valence-corrected chi connectivity index (χ4v) is 5.89. The van der Waals surface area contributed by atoms with Crippen LogP contribution in [0, 0.1) is 23.7 Å². The van der Waals surface area contributed by atoms with Crippen LogP contribution in [0.25, 0.3) is 0 Å². The van der Waals surface area contributed by atoms with Gasteiger partial charge in [-0.15, -0.1) is 0 Å². The van der Waals surface area contributed by atoms with E-state index in [-0.39, 0.29) is 43.1 Å². The number of nitrogens with one attached hydrogen (secondary N) is 1. The molecule has 2 N–H and O–H groups in total. The van der Waals surface area contributed by atoms with Crippen LogP contribution in [0.2, 0.25) is 0 Å². The van der Waals surface area contributed by atoms with Crippen molar-refractivity contribution in [2.24, 2.45) is 23.7 Å². The maximum atomic E-state index is 12.5. The number of hydrogen-bond acceptors (Lipinski definition) is 8. The van der Waals surface area contributed by atoms with Crippen LogP contribution >= 0.6 is 0 Å². The summed E-state index contributed by atoms with van der Waals surface area (Å²) in [6.45, 7) is 9.34. The number of ether oxygens (including phenoxy) is 3. The average molecular weight is 456 g/mol. The molecule has 4 saturated heterocycles. The third-order valence-corrected chi connectivity index (χ3v) is 7.77. The highest BCUT2D eigenvalue weighted by molar-refractivity contribution is 5.81. The zero-order valence-electron chi connectivity index (χ0n) is 19.7. The molecule has 9 nitrogen and oxygen atoms in total. The van der Waals surface area contributed by atoms with Crippen LogP contribution in [0.3, 0.4) is 0 Å². The summed E-state index contributed by atoms with van der Waals surface area (Å²) in [6.07, 6.45) is 2.08. The van der Waals surface area contributed by atoms with E-state index in [2.05, 4.69) is 12.2 Å². The van der Waals surface area contributed by atoms with Gasteiger partial charge in [0.05, 0.1) is 18.6 Å². The molecule has 4 aliphatic heterocycles. The lowest BCUT2D eigenvalue weighted by molar-refractivity contribution is -0.576. The number of esters is 1. The van der Waals surface area contributed by atoms with Crippen LogP contribution < -0.4 is 5.32 Å². The predicted molar refractivity (Wildman–Crippen MR) is 111 cm³/mol. The Morgan fingerprint density at radius 2 is 1.88 bits per heavy atom. The summed E-state index contributed by atoms with van der Waals surface area (Å²) < 4.78 is 18.2. The van der Waals surface area contributed by atoms with Crippen molar-refractivity contribution in [1.82, 2.24) is 5.32 Å². The molecule has 5 aliphatic rings. The summed E-state index contributed by atoms with van der Waals surface area (Å²) in [4.78, 5) is 36.5. The minimum atomic E-state index is -0.885. The SMILES string of the molecule is C[C@@H]1[C@H](OC(=O)CCC(=O)NC(C)(C)CO)O[C@H]2O[C@]3(C)CC[C@H]4[C@H](C)CC[C@H]1[C@@]24OO3. The average Bonchev–Trinajstić information content (AvgIpc) is 2.96. The van der Waals surface area contributed by atoms with Crippen LogP contribution in [0.1, 0.15) is 73.1 Å². The lowest BCUT2D eigenvalue weighted by Gasteiger charge is -2.59. The Morgan fingerprint density at radius 1 is 1.12 bits per heavy atom. The number of aliphatic hydroxyl groups is 1. The second-order valence-corrected chi connectivity index (χ2v) is 10.9. The molecule has 32 heavy (non-hydrogen) atoms. The minimum Gasteiger partial charge on any atom is -0.435 e. The van der Waals surface area contributed by atoms with Crippen molar-refractivity contribution in [1.29, 1.82) is 0 Å². The molecule has 5 fully saturated rings. The number of carbonyl (C=O) groups is 2. The van der Waals surface area contributed by atoms with Crippen molar-refractivity contribution >= 4 is 11.9 Å². The second-order valence-electron chi connectivity index (χ2n) is 10.9. The van der Waals surface area contributed by atoms with Crippen LogP contribution in [-0.4, -0.2) is 53.1 Å². The normalized spacial score (nSPS) is 43.2. The van der Waals surface area contributed by atoms with Gasteiger partial charge in [-0.05, 0) is 51.9 Å². The van der Waals surface area contributed by atoms with Crippen LogP contribution in [0.4, 0.5) is 0 Å². The first kappa shape index (κ1) is 23.9. The Labute approximate surface area is 189 Å². The van der Waals surface area contributed by atoms with E-state index >= 15 is 0 Å². The summed E-state index contributed by atoms with van der Waals surface area (Å²) >= 11 is 0. The largest absolute Gasteiger partial charge is 0.435 e. The number of hydrogen-bond donors (Lipinski definition) is 2. The molecule has 1 saturated carbocycles. The Balaban J connectivity index is 1.43. The van der Waals surface area contributed by atoms with Gasteiger partial charge in [0, 0.05) is 24.7 Å². The number of amides is 1. The first-order valence-corrected chi connectivity index (χ1v) is 11.8. The molecular formula is C23H37NO8. The Hall–Kier alpha value is -1.26. The fourth-order valence-electron chi connectivity index (χ4n) is 5.89. The van der Waals surface area contributed by atoms with E-state index in [1.54, 1.807) is 13.8 Å². The van der Waals surface area contributed by atoms with E-state index in [1.807, 2.05) is 13.8 Å². The van der Waals surface area contributed by atoms with Gasteiger partial charge in [-0.3, -0.25) is 9.59 Å². The molecule has 0 aromatic carbocycles. The molecule has 9 heteroatoms. The van der Waals surface area contributed by atoms with Gasteiger partial charge in [0.2, 0.25) is 18.0 Å². The molecule has 5 rings (SSSR count). The maximum absolute atomic E-state index is 12.5. The van der Waals surface area contributed by atoms with Crippen molar-refractivity contribution in [2.45, 2.75) is 103 Å². The van der Waals surface area contributed by atoms with Crippen molar-refractivity contribution in [3.8, 4) is 0 Å². The Kier molecular flexibility index (Phi) is 6.35.